The first-order valence-electron chi connectivity index (χ1n) is 2.63. The van der Waals surface area contributed by atoms with Crippen molar-refractivity contribution in [2.45, 2.75) is 0 Å². The van der Waals surface area contributed by atoms with Gasteiger partial charge < -0.3 is 9.90 Å². The van der Waals surface area contributed by atoms with Crippen LogP contribution in [-0.4, -0.2) is 11.0 Å². The Morgan fingerprint density at radius 3 is 2.64 bits per heavy atom. The molecule has 0 unspecified atom stereocenters. The first kappa shape index (κ1) is 8.30. The van der Waals surface area contributed by atoms with E-state index in [0.29, 0.717) is 0 Å². The van der Waals surface area contributed by atoms with E-state index in [1.165, 1.54) is 0 Å². The fraction of sp³-hybridized carbons (Fsp3) is 0. The fourth-order valence-corrected chi connectivity index (χ4v) is 0.908. The third-order valence-electron chi connectivity index (χ3n) is 1.04. The molecule has 0 aliphatic carbocycles. The van der Waals surface area contributed by atoms with Crippen LogP contribution >= 0.6 is 23.2 Å². The monoisotopic (exact) mass is 190 g/mol. The van der Waals surface area contributed by atoms with Crippen molar-refractivity contribution in [1.29, 1.82) is 0 Å². The Bertz CT molecular complexity index is 301. The molecule has 1 rings (SSSR count). The molecule has 1 heterocycles. The van der Waals surface area contributed by atoms with Gasteiger partial charge in [-0.25, -0.2) is 4.98 Å². The summed E-state index contributed by atoms with van der Waals surface area (Å²) in [5.41, 5.74) is -0.147. The van der Waals surface area contributed by atoms with E-state index in [0.717, 1.165) is 12.3 Å². The van der Waals surface area contributed by atoms with Gasteiger partial charge in [0.05, 0.1) is 11.0 Å². The van der Waals surface area contributed by atoms with Crippen molar-refractivity contribution in [2.24, 2.45) is 0 Å². The van der Waals surface area contributed by atoms with Gasteiger partial charge in [-0.2, -0.15) is 0 Å². The minimum Gasteiger partial charge on any atom is -0.545 e. The van der Waals surface area contributed by atoms with E-state index >= 15 is 0 Å². The minimum atomic E-state index is -1.36. The number of carbonyl (C=O) groups is 1. The first-order valence-corrected chi connectivity index (χ1v) is 3.39. The highest BCUT2D eigenvalue weighted by atomic mass is 35.5. The number of rotatable bonds is 1. The van der Waals surface area contributed by atoms with Gasteiger partial charge in [0.1, 0.15) is 5.15 Å². The lowest BCUT2D eigenvalue weighted by Gasteiger charge is -2.03. The molecule has 0 bridgehead atoms. The molecule has 0 aromatic carbocycles. The maximum atomic E-state index is 10.3. The van der Waals surface area contributed by atoms with Crippen LogP contribution in [0.1, 0.15) is 10.4 Å². The highest BCUT2D eigenvalue weighted by Crippen LogP contribution is 2.16. The molecule has 1 aromatic heterocycles. The van der Waals surface area contributed by atoms with Crippen LogP contribution in [0.3, 0.4) is 0 Å². The zero-order chi connectivity index (χ0) is 8.43. The van der Waals surface area contributed by atoms with Crippen LogP contribution in [0.15, 0.2) is 12.3 Å². The summed E-state index contributed by atoms with van der Waals surface area (Å²) >= 11 is 10.8. The molecule has 0 aliphatic heterocycles. The predicted octanol–water partition coefficient (Wildman–Crippen LogP) is 0.752. The largest absolute Gasteiger partial charge is 0.545 e. The average Bonchev–Trinajstić information content (AvgIpc) is 1.94. The second-order valence-electron chi connectivity index (χ2n) is 1.77. The van der Waals surface area contributed by atoms with Crippen LogP contribution in [0.25, 0.3) is 0 Å². The van der Waals surface area contributed by atoms with E-state index < -0.39 is 5.97 Å². The summed E-state index contributed by atoms with van der Waals surface area (Å²) in [7, 11) is 0. The number of carboxylic acids is 1. The summed E-state index contributed by atoms with van der Waals surface area (Å²) in [4.78, 5) is 13.9. The lowest BCUT2D eigenvalue weighted by molar-refractivity contribution is -0.255. The lowest BCUT2D eigenvalue weighted by atomic mass is 10.3. The van der Waals surface area contributed by atoms with Gasteiger partial charge in [0.15, 0.2) is 0 Å². The van der Waals surface area contributed by atoms with Gasteiger partial charge in [-0.3, -0.25) is 0 Å². The van der Waals surface area contributed by atoms with Crippen molar-refractivity contribution >= 4 is 29.2 Å². The summed E-state index contributed by atoms with van der Waals surface area (Å²) in [6, 6.07) is 1.14. The Hall–Kier alpha value is -0.800. The Morgan fingerprint density at radius 2 is 2.18 bits per heavy atom. The van der Waals surface area contributed by atoms with Gasteiger partial charge in [-0.15, -0.1) is 0 Å². The van der Waals surface area contributed by atoms with Gasteiger partial charge in [0.2, 0.25) is 0 Å². The molecule has 11 heavy (non-hydrogen) atoms. The third kappa shape index (κ3) is 1.82. The van der Waals surface area contributed by atoms with E-state index in [1.54, 1.807) is 0 Å². The zero-order valence-corrected chi connectivity index (χ0v) is 6.69. The number of hydrogen-bond acceptors (Lipinski definition) is 3. The molecular formula is C6H2Cl2NO2-. The molecule has 0 amide bonds. The molecule has 0 spiro atoms. The van der Waals surface area contributed by atoms with Gasteiger partial charge in [-0.05, 0) is 6.07 Å². The summed E-state index contributed by atoms with van der Waals surface area (Å²) < 4.78 is 0. The number of aromatic carboxylic acids is 1. The van der Waals surface area contributed by atoms with Crippen LogP contribution in [-0.2, 0) is 0 Å². The highest BCUT2D eigenvalue weighted by molar-refractivity contribution is 6.34. The fourth-order valence-electron chi connectivity index (χ4n) is 0.570. The first-order chi connectivity index (χ1) is 5.11. The Kier molecular flexibility index (Phi) is 2.31. The molecule has 3 nitrogen and oxygen atoms in total. The number of hydrogen-bond donors (Lipinski definition) is 0. The summed E-state index contributed by atoms with van der Waals surface area (Å²) in [5.74, 6) is -1.36. The van der Waals surface area contributed by atoms with E-state index in [4.69, 9.17) is 23.2 Å². The number of aromatic nitrogens is 1. The van der Waals surface area contributed by atoms with E-state index in [9.17, 15) is 9.90 Å². The quantitative estimate of drug-likeness (QED) is 0.615. The lowest BCUT2D eigenvalue weighted by Crippen LogP contribution is -2.22. The molecule has 0 radical (unpaired) electrons. The Balaban J connectivity index is 3.23. The second kappa shape index (κ2) is 3.07. The van der Waals surface area contributed by atoms with Crippen LogP contribution in [0, 0.1) is 0 Å². The van der Waals surface area contributed by atoms with Crippen molar-refractivity contribution in [3.05, 3.63) is 28.0 Å². The van der Waals surface area contributed by atoms with Crippen molar-refractivity contribution in [1.82, 2.24) is 4.98 Å². The van der Waals surface area contributed by atoms with E-state index in [-0.39, 0.29) is 15.7 Å². The molecule has 0 saturated heterocycles. The van der Waals surface area contributed by atoms with E-state index in [2.05, 4.69) is 4.98 Å². The highest BCUT2D eigenvalue weighted by Gasteiger charge is 2.01. The zero-order valence-electron chi connectivity index (χ0n) is 5.17. The molecule has 0 aliphatic rings. The normalized spacial score (nSPS) is 9.64. The summed E-state index contributed by atoms with van der Waals surface area (Å²) in [6.45, 7) is 0. The van der Waals surface area contributed by atoms with Gasteiger partial charge in [0, 0.05) is 11.8 Å². The molecule has 0 N–H and O–H groups in total. The Labute approximate surface area is 72.6 Å². The third-order valence-corrected chi connectivity index (χ3v) is 1.55. The average molecular weight is 191 g/mol. The van der Waals surface area contributed by atoms with Crippen LogP contribution in [0.5, 0.6) is 0 Å². The molecular weight excluding hydrogens is 189 g/mol. The molecule has 0 atom stereocenters. The predicted molar refractivity (Wildman–Crippen MR) is 38.6 cm³/mol. The number of nitrogens with zero attached hydrogens (tertiary/aromatic N) is 1. The Morgan fingerprint density at radius 1 is 1.55 bits per heavy atom. The number of halogens is 2. The second-order valence-corrected chi connectivity index (χ2v) is 2.57. The summed E-state index contributed by atoms with van der Waals surface area (Å²) in [5, 5.41) is 10.4. The smallest absolute Gasteiger partial charge is 0.129 e. The van der Waals surface area contributed by atoms with Crippen LogP contribution in [0.4, 0.5) is 0 Å². The van der Waals surface area contributed by atoms with Crippen LogP contribution in [0.2, 0.25) is 10.2 Å². The number of pyridine rings is 1. The standard InChI is InChI=1S/C6H3Cl2NO2/c7-4-2-9-5(8)1-3(4)6(10)11/h1-2H,(H,10,11)/p-1. The van der Waals surface area contributed by atoms with Gasteiger partial charge >= 0.3 is 0 Å². The SMILES string of the molecule is O=C([O-])c1cc(Cl)ncc1Cl. The van der Waals surface area contributed by atoms with Gasteiger partial charge in [-0.1, -0.05) is 23.2 Å². The number of carbonyl (C=O) groups excluding carboxylic acids is 1. The van der Waals surface area contributed by atoms with Crippen LogP contribution < -0.4 is 5.11 Å². The maximum absolute atomic E-state index is 10.3. The van der Waals surface area contributed by atoms with Crippen molar-refractivity contribution in [3.8, 4) is 0 Å². The summed E-state index contributed by atoms with van der Waals surface area (Å²) in [6.07, 6.45) is 1.16. The minimum absolute atomic E-state index is 0.0226. The molecule has 0 saturated carbocycles. The molecule has 58 valence electrons. The molecule has 1 aromatic rings. The maximum Gasteiger partial charge on any atom is 0.129 e. The molecule has 0 fully saturated rings. The van der Waals surface area contributed by atoms with Crippen molar-refractivity contribution in [3.63, 3.8) is 0 Å². The number of carboxylic acid groups (broad SMARTS) is 1. The van der Waals surface area contributed by atoms with Crippen molar-refractivity contribution in [2.75, 3.05) is 0 Å². The molecule has 5 heteroatoms. The van der Waals surface area contributed by atoms with Crippen molar-refractivity contribution < 1.29 is 9.90 Å². The topological polar surface area (TPSA) is 53.0 Å². The van der Waals surface area contributed by atoms with Gasteiger partial charge in [0.25, 0.3) is 0 Å². The van der Waals surface area contributed by atoms with E-state index in [1.807, 2.05) is 0 Å².